The lowest BCUT2D eigenvalue weighted by Gasteiger charge is -2.32. The summed E-state index contributed by atoms with van der Waals surface area (Å²) in [6, 6.07) is 6.03. The molecule has 0 radical (unpaired) electrons. The zero-order valence-corrected chi connectivity index (χ0v) is 15.2. The molecule has 5 rings (SSSR count). The van der Waals surface area contributed by atoms with Crippen LogP contribution in [-0.4, -0.2) is 49.0 Å². The molecule has 1 aliphatic carbocycles. The van der Waals surface area contributed by atoms with Crippen LogP contribution in [0.4, 0.5) is 4.39 Å². The van der Waals surface area contributed by atoms with E-state index in [1.165, 1.54) is 12.1 Å². The second-order valence-electron chi connectivity index (χ2n) is 7.34. The van der Waals surface area contributed by atoms with Crippen LogP contribution in [0.25, 0.3) is 11.6 Å². The van der Waals surface area contributed by atoms with Crippen molar-refractivity contribution in [1.82, 2.24) is 30.0 Å². The van der Waals surface area contributed by atoms with E-state index in [-0.39, 0.29) is 17.5 Å². The Kier molecular flexibility index (Phi) is 4.14. The first kappa shape index (κ1) is 17.0. The van der Waals surface area contributed by atoms with E-state index in [1.807, 2.05) is 0 Å². The van der Waals surface area contributed by atoms with Crippen molar-refractivity contribution in [2.24, 2.45) is 0 Å². The Labute approximate surface area is 160 Å². The average Bonchev–Trinajstić information content (AvgIpc) is 3.25. The van der Waals surface area contributed by atoms with Crippen LogP contribution in [0.3, 0.4) is 0 Å². The second-order valence-corrected chi connectivity index (χ2v) is 7.34. The highest BCUT2D eigenvalue weighted by Gasteiger charge is 2.30. The zero-order chi connectivity index (χ0) is 19.1. The molecule has 1 saturated heterocycles. The van der Waals surface area contributed by atoms with Crippen molar-refractivity contribution in [2.45, 2.75) is 37.6 Å². The van der Waals surface area contributed by atoms with Crippen LogP contribution in [0.5, 0.6) is 0 Å². The highest BCUT2D eigenvalue weighted by molar-refractivity contribution is 5.94. The molecule has 0 unspecified atom stereocenters. The largest absolute Gasteiger partial charge is 0.336 e. The molecule has 28 heavy (non-hydrogen) atoms. The summed E-state index contributed by atoms with van der Waals surface area (Å²) in [5.74, 6) is 0.700. The zero-order valence-electron chi connectivity index (χ0n) is 15.2. The molecule has 144 valence electrons. The number of likely N-dealkylation sites (tertiary alicyclic amines) is 1. The van der Waals surface area contributed by atoms with Gasteiger partial charge in [0.2, 0.25) is 0 Å². The van der Waals surface area contributed by atoms with Gasteiger partial charge in [-0.05, 0) is 37.8 Å². The molecular formula is C19H19FN6O2. The first-order valence-corrected chi connectivity index (χ1v) is 9.48. The van der Waals surface area contributed by atoms with E-state index in [9.17, 15) is 9.18 Å². The molecule has 8 nitrogen and oxygen atoms in total. The summed E-state index contributed by atoms with van der Waals surface area (Å²) in [5, 5.41) is 12.3. The van der Waals surface area contributed by atoms with Crippen molar-refractivity contribution in [2.75, 3.05) is 13.1 Å². The predicted octanol–water partition coefficient (Wildman–Crippen LogP) is 2.82. The fourth-order valence-corrected chi connectivity index (χ4v) is 3.56. The topological polar surface area (TPSA) is 89.9 Å². The lowest BCUT2D eigenvalue weighted by molar-refractivity contribution is 0.0667. The molecule has 2 aromatic heterocycles. The Bertz CT molecular complexity index is 1010. The van der Waals surface area contributed by atoms with Crippen molar-refractivity contribution in [3.8, 4) is 11.6 Å². The highest BCUT2D eigenvalue weighted by atomic mass is 19.1. The van der Waals surface area contributed by atoms with Gasteiger partial charge >= 0.3 is 0 Å². The number of rotatable bonds is 4. The number of amides is 1. The van der Waals surface area contributed by atoms with Crippen molar-refractivity contribution >= 4 is 5.91 Å². The van der Waals surface area contributed by atoms with Crippen LogP contribution < -0.4 is 0 Å². The number of carbonyl (C=O) groups is 1. The molecule has 2 aliphatic rings. The molecule has 1 aliphatic heterocycles. The number of benzene rings is 1. The Morgan fingerprint density at radius 1 is 1.21 bits per heavy atom. The molecule has 1 saturated carbocycles. The SMILES string of the molecule is O=C(c1ccccc1F)N1CCC[C@H](n2cc(-c3nc(C4CC4)no3)nn2)C1. The maximum Gasteiger partial charge on any atom is 0.280 e. The Morgan fingerprint density at radius 2 is 2.07 bits per heavy atom. The number of carbonyl (C=O) groups excluding carboxylic acids is 1. The van der Waals surface area contributed by atoms with Crippen molar-refractivity contribution in [3.05, 3.63) is 47.7 Å². The molecule has 3 aromatic rings. The second kappa shape index (κ2) is 6.81. The third-order valence-corrected chi connectivity index (χ3v) is 5.28. The van der Waals surface area contributed by atoms with Gasteiger partial charge in [-0.3, -0.25) is 4.79 Å². The van der Waals surface area contributed by atoms with Gasteiger partial charge < -0.3 is 9.42 Å². The van der Waals surface area contributed by atoms with E-state index in [0.29, 0.717) is 30.6 Å². The number of hydrogen-bond donors (Lipinski definition) is 0. The minimum absolute atomic E-state index is 0.0310. The van der Waals surface area contributed by atoms with Gasteiger partial charge in [0.15, 0.2) is 11.5 Å². The van der Waals surface area contributed by atoms with Gasteiger partial charge in [0.25, 0.3) is 11.8 Å². The number of halogens is 1. The summed E-state index contributed by atoms with van der Waals surface area (Å²) in [7, 11) is 0. The maximum absolute atomic E-state index is 14.0. The Morgan fingerprint density at radius 3 is 2.89 bits per heavy atom. The van der Waals surface area contributed by atoms with Gasteiger partial charge in [-0.25, -0.2) is 9.07 Å². The molecule has 1 aromatic carbocycles. The number of nitrogens with zero attached hydrogens (tertiary/aromatic N) is 6. The average molecular weight is 382 g/mol. The third-order valence-electron chi connectivity index (χ3n) is 5.28. The summed E-state index contributed by atoms with van der Waals surface area (Å²) < 4.78 is 21.0. The number of piperidine rings is 1. The molecule has 0 spiro atoms. The molecule has 1 atom stereocenters. The van der Waals surface area contributed by atoms with E-state index < -0.39 is 5.82 Å². The first-order chi connectivity index (χ1) is 13.7. The summed E-state index contributed by atoms with van der Waals surface area (Å²) in [4.78, 5) is 18.8. The molecule has 2 fully saturated rings. The third kappa shape index (κ3) is 3.17. The minimum Gasteiger partial charge on any atom is -0.336 e. The number of aromatic nitrogens is 5. The maximum atomic E-state index is 14.0. The fourth-order valence-electron chi connectivity index (χ4n) is 3.56. The first-order valence-electron chi connectivity index (χ1n) is 9.48. The van der Waals surface area contributed by atoms with Crippen LogP contribution in [0.2, 0.25) is 0 Å². The number of hydrogen-bond acceptors (Lipinski definition) is 6. The van der Waals surface area contributed by atoms with Crippen molar-refractivity contribution in [3.63, 3.8) is 0 Å². The van der Waals surface area contributed by atoms with Gasteiger partial charge in [0.1, 0.15) is 5.82 Å². The van der Waals surface area contributed by atoms with Gasteiger partial charge in [0, 0.05) is 19.0 Å². The van der Waals surface area contributed by atoms with E-state index in [2.05, 4.69) is 20.5 Å². The predicted molar refractivity (Wildman–Crippen MR) is 95.9 cm³/mol. The smallest absolute Gasteiger partial charge is 0.280 e. The van der Waals surface area contributed by atoms with Gasteiger partial charge in [-0.1, -0.05) is 22.5 Å². The van der Waals surface area contributed by atoms with E-state index in [0.717, 1.165) is 31.5 Å². The standard InChI is InChI=1S/C19H19FN6O2/c20-15-6-2-1-5-14(15)19(27)25-9-3-4-13(10-25)26-11-16(22-24-26)18-21-17(23-28-18)12-7-8-12/h1-2,5-6,11-13H,3-4,7-10H2/t13-/m0/s1. The highest BCUT2D eigenvalue weighted by Crippen LogP contribution is 2.38. The quantitative estimate of drug-likeness (QED) is 0.689. The van der Waals surface area contributed by atoms with Crippen LogP contribution >= 0.6 is 0 Å². The summed E-state index contributed by atoms with van der Waals surface area (Å²) in [6.07, 6.45) is 5.64. The normalized spacial score (nSPS) is 19.8. The van der Waals surface area contributed by atoms with Crippen molar-refractivity contribution < 1.29 is 13.7 Å². The Balaban J connectivity index is 1.32. The summed E-state index contributed by atoms with van der Waals surface area (Å²) in [6.45, 7) is 1.05. The molecule has 3 heterocycles. The van der Waals surface area contributed by atoms with E-state index >= 15 is 0 Å². The monoisotopic (exact) mass is 382 g/mol. The lowest BCUT2D eigenvalue weighted by atomic mass is 10.0. The molecule has 0 N–H and O–H groups in total. The molecular weight excluding hydrogens is 363 g/mol. The van der Waals surface area contributed by atoms with E-state index in [1.54, 1.807) is 27.9 Å². The van der Waals surface area contributed by atoms with Crippen LogP contribution in [0.15, 0.2) is 35.0 Å². The van der Waals surface area contributed by atoms with Gasteiger partial charge in [-0.2, -0.15) is 4.98 Å². The van der Waals surface area contributed by atoms with E-state index in [4.69, 9.17) is 4.52 Å². The summed E-state index contributed by atoms with van der Waals surface area (Å²) >= 11 is 0. The summed E-state index contributed by atoms with van der Waals surface area (Å²) in [5.41, 5.74) is 0.623. The van der Waals surface area contributed by atoms with Gasteiger partial charge in [0.05, 0.1) is 17.8 Å². The fraction of sp³-hybridized carbons (Fsp3) is 0.421. The molecule has 9 heteroatoms. The minimum atomic E-state index is -0.500. The van der Waals surface area contributed by atoms with Gasteiger partial charge in [-0.15, -0.1) is 5.10 Å². The van der Waals surface area contributed by atoms with Crippen LogP contribution in [0.1, 0.15) is 53.8 Å². The van der Waals surface area contributed by atoms with Crippen LogP contribution in [-0.2, 0) is 0 Å². The molecule has 0 bridgehead atoms. The van der Waals surface area contributed by atoms with Crippen molar-refractivity contribution in [1.29, 1.82) is 0 Å². The Hall–Kier alpha value is -3.10. The van der Waals surface area contributed by atoms with Crippen LogP contribution in [0, 0.1) is 5.82 Å². The lowest BCUT2D eigenvalue weighted by Crippen LogP contribution is -2.41. The molecule has 1 amide bonds.